The van der Waals surface area contributed by atoms with Crippen LogP contribution in [-0.4, -0.2) is 0 Å². The Labute approximate surface area is 65.9 Å². The molecule has 0 aromatic heterocycles. The molecule has 0 spiro atoms. The van der Waals surface area contributed by atoms with Gasteiger partial charge in [0.05, 0.1) is 0 Å². The van der Waals surface area contributed by atoms with E-state index in [2.05, 4.69) is 0 Å². The van der Waals surface area contributed by atoms with Crippen LogP contribution in [0, 0.1) is 0 Å². The summed E-state index contributed by atoms with van der Waals surface area (Å²) in [5, 5.41) is 0. The van der Waals surface area contributed by atoms with Crippen molar-refractivity contribution in [2.24, 2.45) is 0 Å². The quantitative estimate of drug-likeness (QED) is 0.422. The Kier molecular flexibility index (Phi) is 2110000. The second-order valence-electron chi connectivity index (χ2n) is 0. The summed E-state index contributed by atoms with van der Waals surface area (Å²) in [6, 6.07) is 0. The van der Waals surface area contributed by atoms with Gasteiger partial charge in [-0.25, -0.2) is 0 Å². The third-order valence-corrected chi connectivity index (χ3v) is 0. The van der Waals surface area contributed by atoms with Crippen molar-refractivity contribution in [3.63, 3.8) is 0 Å². The van der Waals surface area contributed by atoms with Gasteiger partial charge in [0.1, 0.15) is 0 Å². The van der Waals surface area contributed by atoms with Crippen LogP contribution in [0.4, 0.5) is 14.1 Å². The topological polar surface area (TPSA) is 35.0 Å². The van der Waals surface area contributed by atoms with Crippen LogP contribution in [0.2, 0.25) is 0 Å². The predicted octanol–water partition coefficient (Wildman–Crippen LogP) is -11.4. The molecular formula is H6F7NZr. The molecule has 0 aromatic rings. The van der Waals surface area contributed by atoms with Crippen LogP contribution < -0.4 is 25.0 Å². The average Bonchev–Trinajstić information content (AvgIpc) is 0. The van der Waals surface area contributed by atoms with Crippen molar-refractivity contribution >= 4 is 0 Å². The fourth-order valence-electron chi connectivity index (χ4n) is 0. The minimum absolute atomic E-state index is 0. The van der Waals surface area contributed by atoms with Crippen molar-refractivity contribution in [2.75, 3.05) is 0 Å². The monoisotopic (exact) mass is 243 g/mol. The number of halogens is 7. The van der Waals surface area contributed by atoms with Crippen LogP contribution in [0.1, 0.15) is 0 Å². The third kappa shape index (κ3) is 2700. The Balaban J connectivity index is 0. The van der Waals surface area contributed by atoms with Crippen LogP contribution >= 0.6 is 0 Å². The first-order chi connectivity index (χ1) is 0. The van der Waals surface area contributed by atoms with Crippen molar-refractivity contribution in [1.82, 2.24) is 6.15 Å². The maximum Gasteiger partial charge on any atom is 4.00 e. The zero-order valence-electron chi connectivity index (χ0n) is 3.94. The summed E-state index contributed by atoms with van der Waals surface area (Å²) in [7, 11) is 0. The van der Waals surface area contributed by atoms with Crippen LogP contribution in [-0.2, 0) is 26.2 Å². The summed E-state index contributed by atoms with van der Waals surface area (Å²) >= 11 is 0. The van der Waals surface area contributed by atoms with Gasteiger partial charge in [0.15, 0.2) is 0 Å². The molecule has 0 amide bonds. The van der Waals surface area contributed by atoms with Crippen molar-refractivity contribution in [2.45, 2.75) is 0 Å². The molecule has 0 radical (unpaired) electrons. The molecule has 0 atom stereocenters. The summed E-state index contributed by atoms with van der Waals surface area (Å²) in [6.07, 6.45) is 0. The molecule has 0 saturated carbocycles. The molecule has 0 aliphatic heterocycles. The molecule has 1 nitrogen and oxygen atoms in total. The zero-order valence-corrected chi connectivity index (χ0v) is 6.40. The van der Waals surface area contributed by atoms with Crippen molar-refractivity contribution < 1.29 is 59.1 Å². The van der Waals surface area contributed by atoms with Gasteiger partial charge in [-0.15, -0.1) is 0 Å². The van der Waals surface area contributed by atoms with Gasteiger partial charge < -0.3 is 25.0 Å². The van der Waals surface area contributed by atoms with Crippen molar-refractivity contribution in [3.05, 3.63) is 0 Å². The molecule has 0 saturated heterocycles. The largest absolute Gasteiger partial charge is 4.00 e. The van der Waals surface area contributed by atoms with E-state index < -0.39 is 0 Å². The van der Waals surface area contributed by atoms with Gasteiger partial charge >= 0.3 is 26.2 Å². The van der Waals surface area contributed by atoms with Gasteiger partial charge in [0.25, 0.3) is 0 Å². The van der Waals surface area contributed by atoms with Gasteiger partial charge in [-0.1, -0.05) is 0 Å². The van der Waals surface area contributed by atoms with E-state index in [9.17, 15) is 0 Å². The Morgan fingerprint density at radius 1 is 0.444 bits per heavy atom. The summed E-state index contributed by atoms with van der Waals surface area (Å²) in [5.74, 6) is 0. The number of rotatable bonds is 0. The molecular weight excluding hydrogens is 238 g/mol. The van der Waals surface area contributed by atoms with Gasteiger partial charge in [0.2, 0.25) is 0 Å². The molecule has 0 aromatic carbocycles. The Hall–Kier alpha value is 0.353. The van der Waals surface area contributed by atoms with E-state index in [-0.39, 0.29) is 65.3 Å². The molecule has 64 valence electrons. The Morgan fingerprint density at radius 2 is 0.444 bits per heavy atom. The molecule has 9 heteroatoms. The molecule has 0 rings (SSSR count). The van der Waals surface area contributed by atoms with E-state index in [0.29, 0.717) is 0 Å². The Bertz CT molecular complexity index is 8.88. The summed E-state index contributed by atoms with van der Waals surface area (Å²) in [6.45, 7) is 0. The standard InChI is InChI=1S/7FH.H3N.Zr/h7*1H;1H3;/q;;;;;;;;+4/p-4. The first kappa shape index (κ1) is 5230. The minimum Gasteiger partial charge on any atom is -1.00 e. The predicted molar refractivity (Wildman–Crippen MR) is 12.5 cm³/mol. The van der Waals surface area contributed by atoms with Crippen LogP contribution in [0.15, 0.2) is 0 Å². The summed E-state index contributed by atoms with van der Waals surface area (Å²) in [5.41, 5.74) is 0. The molecule has 0 unspecified atom stereocenters. The second-order valence-corrected chi connectivity index (χ2v) is 0. The van der Waals surface area contributed by atoms with Crippen LogP contribution in [0.5, 0.6) is 0 Å². The van der Waals surface area contributed by atoms with Crippen molar-refractivity contribution in [1.29, 1.82) is 0 Å². The number of hydrogen-bond donors (Lipinski definition) is 1. The molecule has 0 heterocycles. The summed E-state index contributed by atoms with van der Waals surface area (Å²) < 4.78 is 0. The number of hydrogen-bond acceptors (Lipinski definition) is 1. The molecule has 0 fully saturated rings. The fourth-order valence-corrected chi connectivity index (χ4v) is 0. The van der Waals surface area contributed by atoms with E-state index in [4.69, 9.17) is 0 Å². The van der Waals surface area contributed by atoms with Crippen LogP contribution in [0.3, 0.4) is 0 Å². The fraction of sp³-hybridized carbons (Fsp3) is 0. The van der Waals surface area contributed by atoms with Crippen molar-refractivity contribution in [3.8, 4) is 0 Å². The minimum atomic E-state index is 0. The van der Waals surface area contributed by atoms with E-state index in [1.165, 1.54) is 0 Å². The molecule has 3 N–H and O–H groups in total. The molecule has 0 aliphatic carbocycles. The normalized spacial score (nSPS) is 0. The van der Waals surface area contributed by atoms with E-state index in [1.54, 1.807) is 0 Å². The SMILES string of the molecule is F.F.F.N.[F-].[F-].[F-].[F-].[Zr+4]. The zero-order chi connectivity index (χ0) is 0. The molecule has 0 aliphatic rings. The van der Waals surface area contributed by atoms with E-state index >= 15 is 0 Å². The van der Waals surface area contributed by atoms with Gasteiger partial charge in [-0.3, -0.25) is 14.1 Å². The van der Waals surface area contributed by atoms with Gasteiger partial charge in [-0.2, -0.15) is 0 Å². The van der Waals surface area contributed by atoms with Crippen LogP contribution in [0.25, 0.3) is 0 Å². The second kappa shape index (κ2) is 3620. The van der Waals surface area contributed by atoms with Gasteiger partial charge in [0, 0.05) is 0 Å². The smallest absolute Gasteiger partial charge is 1.00 e. The first-order valence-electron chi connectivity index (χ1n) is 0. The first-order valence-corrected chi connectivity index (χ1v) is 0. The van der Waals surface area contributed by atoms with Gasteiger partial charge in [-0.05, 0) is 0 Å². The molecule has 0 bridgehead atoms. The molecule has 9 heavy (non-hydrogen) atoms. The summed E-state index contributed by atoms with van der Waals surface area (Å²) in [4.78, 5) is 0. The average molecular weight is 244 g/mol. The van der Waals surface area contributed by atoms with E-state index in [0.717, 1.165) is 0 Å². The maximum absolute atomic E-state index is 0. The Morgan fingerprint density at radius 3 is 0.444 bits per heavy atom. The maximum atomic E-state index is 0. The third-order valence-electron chi connectivity index (χ3n) is 0. The van der Waals surface area contributed by atoms with E-state index in [1.807, 2.05) is 0 Å².